The molecule has 1 aliphatic rings. The van der Waals surface area contributed by atoms with Crippen LogP contribution in [0.3, 0.4) is 0 Å². The van der Waals surface area contributed by atoms with Crippen LogP contribution in [-0.4, -0.2) is 13.7 Å². The molecule has 0 atom stereocenters. The van der Waals surface area contributed by atoms with Crippen LogP contribution in [0.5, 0.6) is 5.75 Å². The van der Waals surface area contributed by atoms with Crippen LogP contribution in [0.15, 0.2) is 30.5 Å². The second-order valence-corrected chi connectivity index (χ2v) is 4.74. The van der Waals surface area contributed by atoms with Gasteiger partial charge in [-0.15, -0.1) is 0 Å². The Kier molecular flexibility index (Phi) is 4.32. The summed E-state index contributed by atoms with van der Waals surface area (Å²) < 4.78 is 10.5. The number of hydrogen-bond acceptors (Lipinski definition) is 2. The first-order chi connectivity index (χ1) is 8.29. The average Bonchev–Trinajstić information content (AvgIpc) is 3.12. The molecule has 0 aromatic heterocycles. The Bertz CT molecular complexity index is 397. The summed E-state index contributed by atoms with van der Waals surface area (Å²) in [5.74, 6) is 1.54. The molecular formula is C14H17ClO2. The standard InChI is InChI=1S/C14H17ClO2/c1-16-8-2-3-11-6-7-14(13(15)9-11)17-10-12-4-5-12/h2,6-9,12H,3-5,10H2,1H3/b8-2+. The second-order valence-electron chi connectivity index (χ2n) is 4.33. The van der Waals surface area contributed by atoms with Gasteiger partial charge in [0.15, 0.2) is 0 Å². The monoisotopic (exact) mass is 252 g/mol. The molecule has 92 valence electrons. The van der Waals surface area contributed by atoms with Gasteiger partial charge >= 0.3 is 0 Å². The minimum atomic E-state index is 0.689. The van der Waals surface area contributed by atoms with Gasteiger partial charge in [-0.25, -0.2) is 0 Å². The lowest BCUT2D eigenvalue weighted by molar-refractivity contribution is 0.300. The van der Waals surface area contributed by atoms with Gasteiger partial charge in [-0.1, -0.05) is 17.7 Å². The minimum absolute atomic E-state index is 0.689. The molecule has 1 aliphatic carbocycles. The molecule has 2 rings (SSSR count). The molecule has 0 heterocycles. The first-order valence-electron chi connectivity index (χ1n) is 5.88. The molecule has 2 nitrogen and oxygen atoms in total. The number of ether oxygens (including phenoxy) is 2. The third-order valence-electron chi connectivity index (χ3n) is 2.75. The van der Waals surface area contributed by atoms with Crippen LogP contribution in [0.25, 0.3) is 0 Å². The normalized spacial score (nSPS) is 15.2. The lowest BCUT2D eigenvalue weighted by atomic mass is 10.1. The van der Waals surface area contributed by atoms with E-state index in [0.29, 0.717) is 5.02 Å². The predicted octanol–water partition coefficient (Wildman–Crippen LogP) is 3.83. The van der Waals surface area contributed by atoms with Crippen molar-refractivity contribution in [3.05, 3.63) is 41.1 Å². The fourth-order valence-corrected chi connectivity index (χ4v) is 1.82. The highest BCUT2D eigenvalue weighted by molar-refractivity contribution is 6.32. The average molecular weight is 253 g/mol. The maximum Gasteiger partial charge on any atom is 0.137 e. The van der Waals surface area contributed by atoms with Crippen molar-refractivity contribution in [1.82, 2.24) is 0 Å². The number of halogens is 1. The van der Waals surface area contributed by atoms with Crippen molar-refractivity contribution in [3.63, 3.8) is 0 Å². The molecule has 1 saturated carbocycles. The van der Waals surface area contributed by atoms with Gasteiger partial charge in [0, 0.05) is 0 Å². The summed E-state index contributed by atoms with van der Waals surface area (Å²) in [6.07, 6.45) is 7.02. The fraction of sp³-hybridized carbons (Fsp3) is 0.429. The maximum absolute atomic E-state index is 6.17. The zero-order valence-electron chi connectivity index (χ0n) is 9.99. The Morgan fingerprint density at radius 1 is 1.41 bits per heavy atom. The number of rotatable bonds is 6. The molecule has 0 bridgehead atoms. The molecule has 1 fully saturated rings. The summed E-state index contributed by atoms with van der Waals surface area (Å²) in [6, 6.07) is 5.93. The first-order valence-corrected chi connectivity index (χ1v) is 6.26. The van der Waals surface area contributed by atoms with Crippen molar-refractivity contribution < 1.29 is 9.47 Å². The third-order valence-corrected chi connectivity index (χ3v) is 3.05. The Labute approximate surface area is 107 Å². The lowest BCUT2D eigenvalue weighted by Gasteiger charge is -2.08. The van der Waals surface area contributed by atoms with E-state index in [1.165, 1.54) is 12.8 Å². The van der Waals surface area contributed by atoms with Crippen LogP contribution in [0.4, 0.5) is 0 Å². The summed E-state index contributed by atoms with van der Waals surface area (Å²) in [7, 11) is 1.64. The third kappa shape index (κ3) is 3.97. The number of hydrogen-bond donors (Lipinski definition) is 0. The molecule has 3 heteroatoms. The zero-order valence-corrected chi connectivity index (χ0v) is 10.7. The van der Waals surface area contributed by atoms with Crippen LogP contribution in [0.1, 0.15) is 18.4 Å². The van der Waals surface area contributed by atoms with Gasteiger partial charge in [0.05, 0.1) is 25.0 Å². The highest BCUT2D eigenvalue weighted by Gasteiger charge is 2.22. The van der Waals surface area contributed by atoms with E-state index in [9.17, 15) is 0 Å². The highest BCUT2D eigenvalue weighted by Crippen LogP contribution is 2.32. The second kappa shape index (κ2) is 5.97. The van der Waals surface area contributed by atoms with Gasteiger partial charge in [0.2, 0.25) is 0 Å². The van der Waals surface area contributed by atoms with Crippen molar-refractivity contribution in [2.24, 2.45) is 5.92 Å². The summed E-state index contributed by atoms with van der Waals surface area (Å²) in [5.41, 5.74) is 1.15. The summed E-state index contributed by atoms with van der Waals surface area (Å²) >= 11 is 6.17. The minimum Gasteiger partial charge on any atom is -0.505 e. The number of benzene rings is 1. The van der Waals surface area contributed by atoms with E-state index in [1.807, 2.05) is 24.3 Å². The van der Waals surface area contributed by atoms with Crippen LogP contribution < -0.4 is 4.74 Å². The Balaban J connectivity index is 1.92. The lowest BCUT2D eigenvalue weighted by Crippen LogP contribution is -1.99. The molecule has 0 aliphatic heterocycles. The van der Waals surface area contributed by atoms with Crippen molar-refractivity contribution >= 4 is 11.6 Å². The van der Waals surface area contributed by atoms with E-state index >= 15 is 0 Å². The van der Waals surface area contributed by atoms with Crippen molar-refractivity contribution in [2.75, 3.05) is 13.7 Å². The van der Waals surface area contributed by atoms with Gasteiger partial charge in [-0.3, -0.25) is 0 Å². The number of allylic oxidation sites excluding steroid dienone is 1. The van der Waals surface area contributed by atoms with E-state index in [2.05, 4.69) is 0 Å². The van der Waals surface area contributed by atoms with Gasteiger partial charge in [0.1, 0.15) is 5.75 Å². The molecule has 0 radical (unpaired) electrons. The van der Waals surface area contributed by atoms with Crippen LogP contribution in [0, 0.1) is 5.92 Å². The van der Waals surface area contributed by atoms with Gasteiger partial charge in [-0.2, -0.15) is 0 Å². The Morgan fingerprint density at radius 3 is 2.88 bits per heavy atom. The van der Waals surface area contributed by atoms with Gasteiger partial charge in [0.25, 0.3) is 0 Å². The molecule has 0 saturated heterocycles. The van der Waals surface area contributed by atoms with Crippen LogP contribution in [-0.2, 0) is 11.2 Å². The Morgan fingerprint density at radius 2 is 2.24 bits per heavy atom. The van der Waals surface area contributed by atoms with Crippen LogP contribution >= 0.6 is 11.6 Å². The molecule has 0 unspecified atom stereocenters. The highest BCUT2D eigenvalue weighted by atomic mass is 35.5. The van der Waals surface area contributed by atoms with E-state index in [1.54, 1.807) is 13.4 Å². The molecule has 1 aromatic carbocycles. The van der Waals surface area contributed by atoms with Crippen molar-refractivity contribution in [1.29, 1.82) is 0 Å². The fourth-order valence-electron chi connectivity index (χ4n) is 1.56. The van der Waals surface area contributed by atoms with E-state index in [-0.39, 0.29) is 0 Å². The topological polar surface area (TPSA) is 18.5 Å². The van der Waals surface area contributed by atoms with E-state index in [0.717, 1.165) is 30.3 Å². The number of methoxy groups -OCH3 is 1. The van der Waals surface area contributed by atoms with E-state index < -0.39 is 0 Å². The van der Waals surface area contributed by atoms with Crippen molar-refractivity contribution in [2.45, 2.75) is 19.3 Å². The molecular weight excluding hydrogens is 236 g/mol. The quantitative estimate of drug-likeness (QED) is 0.717. The summed E-state index contributed by atoms with van der Waals surface area (Å²) in [5, 5.41) is 0.689. The summed E-state index contributed by atoms with van der Waals surface area (Å²) in [4.78, 5) is 0. The van der Waals surface area contributed by atoms with Crippen LogP contribution in [0.2, 0.25) is 5.02 Å². The molecule has 17 heavy (non-hydrogen) atoms. The van der Waals surface area contributed by atoms with Crippen molar-refractivity contribution in [3.8, 4) is 5.75 Å². The van der Waals surface area contributed by atoms with Gasteiger partial charge < -0.3 is 9.47 Å². The molecule has 0 N–H and O–H groups in total. The first kappa shape index (κ1) is 12.3. The van der Waals surface area contributed by atoms with E-state index in [4.69, 9.17) is 21.1 Å². The molecule has 0 spiro atoms. The maximum atomic E-state index is 6.17. The Hall–Kier alpha value is -1.15. The summed E-state index contributed by atoms with van der Waals surface area (Å²) in [6.45, 7) is 0.794. The SMILES string of the molecule is CO/C=C/Cc1ccc(OCC2CC2)c(Cl)c1. The predicted molar refractivity (Wildman–Crippen MR) is 69.5 cm³/mol. The molecule has 1 aromatic rings. The molecule has 0 amide bonds. The largest absolute Gasteiger partial charge is 0.505 e. The smallest absolute Gasteiger partial charge is 0.137 e. The zero-order chi connectivity index (χ0) is 12.1. The van der Waals surface area contributed by atoms with Gasteiger partial charge in [-0.05, 0) is 49.0 Å².